The van der Waals surface area contributed by atoms with Crippen molar-refractivity contribution < 1.29 is 0 Å². The first-order chi connectivity index (χ1) is 10.2. The molecule has 0 amide bonds. The first-order valence-corrected chi connectivity index (χ1v) is 8.57. The van der Waals surface area contributed by atoms with Crippen LogP contribution >= 0.6 is 11.3 Å². The van der Waals surface area contributed by atoms with Crippen molar-refractivity contribution in [1.82, 2.24) is 10.3 Å². The van der Waals surface area contributed by atoms with Gasteiger partial charge in [-0.15, -0.1) is 11.3 Å². The van der Waals surface area contributed by atoms with Gasteiger partial charge in [0, 0.05) is 23.7 Å². The van der Waals surface area contributed by atoms with Gasteiger partial charge in [0.25, 0.3) is 0 Å². The summed E-state index contributed by atoms with van der Waals surface area (Å²) in [6.45, 7) is 10.6. The normalized spacial score (nSPS) is 12.4. The maximum atomic E-state index is 4.83. The summed E-state index contributed by atoms with van der Waals surface area (Å²) in [4.78, 5) is 7.12. The Morgan fingerprint density at radius 1 is 1.29 bits per heavy atom. The van der Waals surface area contributed by atoms with Crippen molar-refractivity contribution in [3.8, 4) is 0 Å². The summed E-state index contributed by atoms with van der Waals surface area (Å²) in [6.07, 6.45) is 1.14. The predicted molar refractivity (Wildman–Crippen MR) is 92.7 cm³/mol. The molecular weight excluding hydrogens is 278 g/mol. The zero-order valence-electron chi connectivity index (χ0n) is 13.4. The molecule has 21 heavy (non-hydrogen) atoms. The highest BCUT2D eigenvalue weighted by Crippen LogP contribution is 2.31. The number of nitrogens with zero attached hydrogens (tertiary/aromatic N) is 2. The van der Waals surface area contributed by atoms with Gasteiger partial charge in [-0.05, 0) is 45.4 Å². The second-order valence-electron chi connectivity index (χ2n) is 5.26. The standard InChI is InChI=1S/C17H25N3S/c1-5-11-18-14(4)15-12-21-17(19-15)20(6-2)16-10-8-7-9-13(16)3/h7-10,12,14,18H,5-6,11H2,1-4H3. The van der Waals surface area contributed by atoms with Gasteiger partial charge in [-0.2, -0.15) is 0 Å². The fourth-order valence-corrected chi connectivity index (χ4v) is 3.34. The van der Waals surface area contributed by atoms with Gasteiger partial charge in [0.2, 0.25) is 0 Å². The largest absolute Gasteiger partial charge is 0.318 e. The van der Waals surface area contributed by atoms with E-state index in [0.29, 0.717) is 6.04 Å². The Balaban J connectivity index is 2.20. The fourth-order valence-electron chi connectivity index (χ4n) is 2.34. The lowest BCUT2D eigenvalue weighted by Crippen LogP contribution is -2.20. The highest BCUT2D eigenvalue weighted by molar-refractivity contribution is 7.13. The molecule has 1 unspecified atom stereocenters. The van der Waals surface area contributed by atoms with E-state index in [1.54, 1.807) is 11.3 Å². The van der Waals surface area contributed by atoms with Gasteiger partial charge in [-0.3, -0.25) is 0 Å². The number of hydrogen-bond acceptors (Lipinski definition) is 4. The topological polar surface area (TPSA) is 28.2 Å². The average molecular weight is 303 g/mol. The van der Waals surface area contributed by atoms with Crippen molar-refractivity contribution in [2.75, 3.05) is 18.0 Å². The molecule has 3 nitrogen and oxygen atoms in total. The highest BCUT2D eigenvalue weighted by atomic mass is 32.1. The third-order valence-electron chi connectivity index (χ3n) is 3.61. The van der Waals surface area contributed by atoms with E-state index in [-0.39, 0.29) is 0 Å². The number of rotatable bonds is 7. The minimum atomic E-state index is 0.311. The number of benzene rings is 1. The second-order valence-corrected chi connectivity index (χ2v) is 6.10. The third-order valence-corrected chi connectivity index (χ3v) is 4.49. The molecule has 4 heteroatoms. The van der Waals surface area contributed by atoms with Crippen molar-refractivity contribution in [1.29, 1.82) is 0 Å². The van der Waals surface area contributed by atoms with E-state index in [2.05, 4.69) is 67.6 Å². The number of hydrogen-bond donors (Lipinski definition) is 1. The minimum absolute atomic E-state index is 0.311. The Hall–Kier alpha value is -1.39. The van der Waals surface area contributed by atoms with E-state index in [1.807, 2.05) is 0 Å². The Bertz CT molecular complexity index is 565. The van der Waals surface area contributed by atoms with Crippen LogP contribution in [0.1, 0.15) is 44.5 Å². The monoisotopic (exact) mass is 303 g/mol. The molecule has 1 aromatic carbocycles. The van der Waals surface area contributed by atoms with Crippen LogP contribution in [0.5, 0.6) is 0 Å². The van der Waals surface area contributed by atoms with Crippen LogP contribution in [0.4, 0.5) is 10.8 Å². The number of para-hydroxylation sites is 1. The molecule has 2 aromatic rings. The van der Waals surface area contributed by atoms with E-state index in [1.165, 1.54) is 11.3 Å². The number of aromatic nitrogens is 1. The molecule has 1 heterocycles. The van der Waals surface area contributed by atoms with Crippen LogP contribution in [0.2, 0.25) is 0 Å². The van der Waals surface area contributed by atoms with Gasteiger partial charge in [0.05, 0.1) is 5.69 Å². The molecule has 1 aromatic heterocycles. The number of anilines is 2. The summed E-state index contributed by atoms with van der Waals surface area (Å²) >= 11 is 1.72. The van der Waals surface area contributed by atoms with Crippen molar-refractivity contribution in [3.05, 3.63) is 40.9 Å². The zero-order chi connectivity index (χ0) is 15.2. The highest BCUT2D eigenvalue weighted by Gasteiger charge is 2.15. The fraction of sp³-hybridized carbons (Fsp3) is 0.471. The Labute approximate surface area is 132 Å². The molecule has 0 radical (unpaired) electrons. The number of aryl methyl sites for hydroxylation is 1. The van der Waals surface area contributed by atoms with Gasteiger partial charge < -0.3 is 10.2 Å². The quantitative estimate of drug-likeness (QED) is 0.805. The van der Waals surface area contributed by atoms with E-state index in [4.69, 9.17) is 4.98 Å². The van der Waals surface area contributed by atoms with Crippen LogP contribution < -0.4 is 10.2 Å². The Kier molecular flexibility index (Phi) is 5.76. The third kappa shape index (κ3) is 3.83. The lowest BCUT2D eigenvalue weighted by Gasteiger charge is -2.22. The summed E-state index contributed by atoms with van der Waals surface area (Å²) in [5.74, 6) is 0. The molecule has 0 aliphatic carbocycles. The van der Waals surface area contributed by atoms with E-state index in [0.717, 1.165) is 30.3 Å². The second kappa shape index (κ2) is 7.57. The number of thiazole rings is 1. The van der Waals surface area contributed by atoms with Crippen molar-refractivity contribution in [2.24, 2.45) is 0 Å². The molecule has 0 spiro atoms. The van der Waals surface area contributed by atoms with Gasteiger partial charge in [0.15, 0.2) is 5.13 Å². The molecule has 114 valence electrons. The smallest absolute Gasteiger partial charge is 0.190 e. The molecule has 0 aliphatic rings. The van der Waals surface area contributed by atoms with E-state index < -0.39 is 0 Å². The first kappa shape index (κ1) is 16.0. The zero-order valence-corrected chi connectivity index (χ0v) is 14.2. The molecule has 0 aliphatic heterocycles. The van der Waals surface area contributed by atoms with Gasteiger partial charge in [0.1, 0.15) is 0 Å². The van der Waals surface area contributed by atoms with Gasteiger partial charge in [-0.1, -0.05) is 25.1 Å². The first-order valence-electron chi connectivity index (χ1n) is 7.69. The molecule has 0 saturated carbocycles. The maximum Gasteiger partial charge on any atom is 0.190 e. The van der Waals surface area contributed by atoms with Crippen LogP contribution in [-0.4, -0.2) is 18.1 Å². The van der Waals surface area contributed by atoms with Gasteiger partial charge >= 0.3 is 0 Å². The lowest BCUT2D eigenvalue weighted by atomic mass is 10.2. The summed E-state index contributed by atoms with van der Waals surface area (Å²) in [7, 11) is 0. The van der Waals surface area contributed by atoms with Crippen LogP contribution in [0, 0.1) is 6.92 Å². The van der Waals surface area contributed by atoms with E-state index in [9.17, 15) is 0 Å². The van der Waals surface area contributed by atoms with Crippen LogP contribution in [0.15, 0.2) is 29.6 Å². The molecule has 1 N–H and O–H groups in total. The maximum absolute atomic E-state index is 4.83. The average Bonchev–Trinajstić information content (AvgIpc) is 2.97. The molecule has 2 rings (SSSR count). The van der Waals surface area contributed by atoms with Crippen molar-refractivity contribution >= 4 is 22.2 Å². The summed E-state index contributed by atoms with van der Waals surface area (Å²) in [5.41, 5.74) is 3.67. The number of nitrogens with one attached hydrogen (secondary N) is 1. The van der Waals surface area contributed by atoms with Crippen LogP contribution in [0.3, 0.4) is 0 Å². The molecule has 0 saturated heterocycles. The predicted octanol–water partition coefficient (Wildman–Crippen LogP) is 4.67. The van der Waals surface area contributed by atoms with Crippen molar-refractivity contribution in [2.45, 2.75) is 40.2 Å². The lowest BCUT2D eigenvalue weighted by molar-refractivity contribution is 0.561. The SMILES string of the molecule is CCCNC(C)c1csc(N(CC)c2ccccc2C)n1. The van der Waals surface area contributed by atoms with E-state index >= 15 is 0 Å². The van der Waals surface area contributed by atoms with Gasteiger partial charge in [-0.25, -0.2) is 4.98 Å². The Morgan fingerprint density at radius 3 is 2.71 bits per heavy atom. The minimum Gasteiger partial charge on any atom is -0.318 e. The molecule has 1 atom stereocenters. The molecular formula is C17H25N3S. The summed E-state index contributed by atoms with van der Waals surface area (Å²) in [5, 5.41) is 6.74. The van der Waals surface area contributed by atoms with Crippen LogP contribution in [0.25, 0.3) is 0 Å². The van der Waals surface area contributed by atoms with Crippen molar-refractivity contribution in [3.63, 3.8) is 0 Å². The Morgan fingerprint density at radius 2 is 2.05 bits per heavy atom. The summed E-state index contributed by atoms with van der Waals surface area (Å²) in [6, 6.07) is 8.80. The van der Waals surface area contributed by atoms with Crippen LogP contribution in [-0.2, 0) is 0 Å². The molecule has 0 fully saturated rings. The molecule has 0 bridgehead atoms. The summed E-state index contributed by atoms with van der Waals surface area (Å²) < 4.78 is 0.